The lowest BCUT2D eigenvalue weighted by molar-refractivity contribution is -0.145. The summed E-state index contributed by atoms with van der Waals surface area (Å²) in [6.07, 6.45) is 0. The van der Waals surface area contributed by atoms with Crippen molar-refractivity contribution in [2.75, 3.05) is 12.3 Å². The molecule has 2 rings (SSSR count). The maximum absolute atomic E-state index is 11.7. The van der Waals surface area contributed by atoms with Crippen LogP contribution in [0.3, 0.4) is 0 Å². The molecule has 0 aromatic heterocycles. The van der Waals surface area contributed by atoms with E-state index in [2.05, 4.69) is 5.32 Å². The van der Waals surface area contributed by atoms with Crippen LogP contribution in [0.5, 0.6) is 0 Å². The minimum absolute atomic E-state index is 0.132. The van der Waals surface area contributed by atoms with Gasteiger partial charge in [-0.2, -0.15) is 0 Å². The Morgan fingerprint density at radius 1 is 1.04 bits per heavy atom. The Morgan fingerprint density at radius 2 is 1.74 bits per heavy atom. The predicted octanol–water partition coefficient (Wildman–Crippen LogP) is 3.29. The van der Waals surface area contributed by atoms with Crippen LogP contribution in [0.15, 0.2) is 59.5 Å². The maximum Gasteiger partial charge on any atom is 0.325 e. The minimum atomic E-state index is -0.460. The van der Waals surface area contributed by atoms with Gasteiger partial charge in [-0.15, -0.1) is 11.8 Å². The molecule has 120 valence electrons. The van der Waals surface area contributed by atoms with Crippen molar-refractivity contribution in [3.05, 3.63) is 65.2 Å². The monoisotopic (exact) mass is 349 g/mol. The summed E-state index contributed by atoms with van der Waals surface area (Å²) in [5.41, 5.74) is 0.908. The smallest absolute Gasteiger partial charge is 0.325 e. The van der Waals surface area contributed by atoms with Crippen molar-refractivity contribution in [2.24, 2.45) is 0 Å². The first-order chi connectivity index (χ1) is 11.1. The first kappa shape index (κ1) is 17.4. The molecule has 0 saturated heterocycles. The van der Waals surface area contributed by atoms with Crippen LogP contribution in [0, 0.1) is 0 Å². The van der Waals surface area contributed by atoms with Gasteiger partial charge in [-0.1, -0.05) is 41.9 Å². The van der Waals surface area contributed by atoms with Gasteiger partial charge in [-0.05, 0) is 29.8 Å². The van der Waals surface area contributed by atoms with E-state index in [-0.39, 0.29) is 24.8 Å². The van der Waals surface area contributed by atoms with Crippen LogP contribution in [0.1, 0.15) is 5.56 Å². The van der Waals surface area contributed by atoms with Gasteiger partial charge in [0.1, 0.15) is 13.2 Å². The molecule has 0 atom stereocenters. The molecule has 23 heavy (non-hydrogen) atoms. The van der Waals surface area contributed by atoms with Gasteiger partial charge >= 0.3 is 5.97 Å². The van der Waals surface area contributed by atoms with Crippen LogP contribution in [0.4, 0.5) is 0 Å². The van der Waals surface area contributed by atoms with Crippen molar-refractivity contribution >= 4 is 35.2 Å². The van der Waals surface area contributed by atoms with Crippen LogP contribution in [-0.4, -0.2) is 24.2 Å². The van der Waals surface area contributed by atoms with E-state index in [1.807, 2.05) is 42.5 Å². The number of nitrogens with one attached hydrogen (secondary N) is 1. The normalized spacial score (nSPS) is 10.1. The first-order valence-electron chi connectivity index (χ1n) is 6.98. The summed E-state index contributed by atoms with van der Waals surface area (Å²) in [6, 6.07) is 16.6. The molecule has 0 aliphatic heterocycles. The molecule has 0 spiro atoms. The molecule has 0 saturated carbocycles. The minimum Gasteiger partial charge on any atom is -0.460 e. The van der Waals surface area contributed by atoms with E-state index in [0.29, 0.717) is 5.02 Å². The molecule has 0 radical (unpaired) electrons. The van der Waals surface area contributed by atoms with Crippen LogP contribution in [0.2, 0.25) is 5.02 Å². The molecule has 0 bridgehead atoms. The summed E-state index contributed by atoms with van der Waals surface area (Å²) >= 11 is 7.17. The third-order valence-electron chi connectivity index (χ3n) is 2.86. The second kappa shape index (κ2) is 9.22. The standard InChI is InChI=1S/C17H16ClNO3S/c18-14-6-8-15(9-7-14)23-12-16(20)19-10-17(21)22-11-13-4-2-1-3-5-13/h1-9H,10-12H2,(H,19,20). The highest BCUT2D eigenvalue weighted by Crippen LogP contribution is 2.19. The number of carbonyl (C=O) groups is 2. The Hall–Kier alpha value is -1.98. The molecule has 0 aliphatic rings. The number of ether oxygens (including phenoxy) is 1. The molecule has 2 aromatic rings. The highest BCUT2D eigenvalue weighted by atomic mass is 35.5. The molecule has 2 aromatic carbocycles. The van der Waals surface area contributed by atoms with Crippen molar-refractivity contribution in [2.45, 2.75) is 11.5 Å². The van der Waals surface area contributed by atoms with Gasteiger partial charge < -0.3 is 10.1 Å². The molecular weight excluding hydrogens is 334 g/mol. The lowest BCUT2D eigenvalue weighted by Gasteiger charge is -2.06. The van der Waals surface area contributed by atoms with Crippen molar-refractivity contribution in [3.63, 3.8) is 0 Å². The van der Waals surface area contributed by atoms with E-state index in [9.17, 15) is 9.59 Å². The topological polar surface area (TPSA) is 55.4 Å². The fraction of sp³-hybridized carbons (Fsp3) is 0.176. The summed E-state index contributed by atoms with van der Waals surface area (Å²) in [5.74, 6) is -0.451. The quantitative estimate of drug-likeness (QED) is 0.615. The van der Waals surface area contributed by atoms with E-state index in [1.54, 1.807) is 12.1 Å². The summed E-state index contributed by atoms with van der Waals surface area (Å²) < 4.78 is 5.08. The second-order valence-corrected chi connectivity index (χ2v) is 6.15. The molecule has 0 fully saturated rings. The predicted molar refractivity (Wildman–Crippen MR) is 91.4 cm³/mol. The summed E-state index contributed by atoms with van der Waals surface area (Å²) in [7, 11) is 0. The van der Waals surface area contributed by atoms with E-state index < -0.39 is 5.97 Å². The highest BCUT2D eigenvalue weighted by molar-refractivity contribution is 8.00. The van der Waals surface area contributed by atoms with E-state index in [1.165, 1.54) is 11.8 Å². The van der Waals surface area contributed by atoms with Gasteiger partial charge in [-0.3, -0.25) is 9.59 Å². The van der Waals surface area contributed by atoms with E-state index in [0.717, 1.165) is 10.5 Å². The number of hydrogen-bond acceptors (Lipinski definition) is 4. The zero-order chi connectivity index (χ0) is 16.5. The first-order valence-corrected chi connectivity index (χ1v) is 8.34. The Bertz CT molecular complexity index is 647. The number of carbonyl (C=O) groups excluding carboxylic acids is 2. The lowest BCUT2D eigenvalue weighted by Crippen LogP contribution is -2.31. The van der Waals surface area contributed by atoms with Gasteiger partial charge in [0, 0.05) is 9.92 Å². The average Bonchev–Trinajstić information content (AvgIpc) is 2.58. The zero-order valence-corrected chi connectivity index (χ0v) is 13.9. The molecule has 0 heterocycles. The van der Waals surface area contributed by atoms with Crippen LogP contribution in [0.25, 0.3) is 0 Å². The largest absolute Gasteiger partial charge is 0.460 e. The molecule has 1 N–H and O–H groups in total. The molecule has 4 nitrogen and oxygen atoms in total. The SMILES string of the molecule is O=C(CSc1ccc(Cl)cc1)NCC(=O)OCc1ccccc1. The Kier molecular flexibility index (Phi) is 6.97. The third-order valence-corrected chi connectivity index (χ3v) is 4.12. The zero-order valence-electron chi connectivity index (χ0n) is 12.3. The number of hydrogen-bond donors (Lipinski definition) is 1. The number of halogens is 1. The molecule has 0 unspecified atom stereocenters. The third kappa shape index (κ3) is 6.76. The number of thioether (sulfide) groups is 1. The Balaban J connectivity index is 1.63. The molecule has 1 amide bonds. The Morgan fingerprint density at radius 3 is 2.43 bits per heavy atom. The van der Waals surface area contributed by atoms with Crippen molar-refractivity contribution < 1.29 is 14.3 Å². The van der Waals surface area contributed by atoms with Gasteiger partial charge in [-0.25, -0.2) is 0 Å². The van der Waals surface area contributed by atoms with E-state index >= 15 is 0 Å². The summed E-state index contributed by atoms with van der Waals surface area (Å²) in [6.45, 7) is 0.0713. The van der Waals surface area contributed by atoms with Gasteiger partial charge in [0.15, 0.2) is 0 Å². The lowest BCUT2D eigenvalue weighted by atomic mass is 10.2. The fourth-order valence-electron chi connectivity index (χ4n) is 1.69. The highest BCUT2D eigenvalue weighted by Gasteiger charge is 2.07. The number of benzene rings is 2. The van der Waals surface area contributed by atoms with Crippen molar-refractivity contribution in [1.29, 1.82) is 0 Å². The number of rotatable bonds is 7. The number of esters is 1. The van der Waals surface area contributed by atoms with Crippen LogP contribution >= 0.6 is 23.4 Å². The van der Waals surface area contributed by atoms with Crippen molar-refractivity contribution in [1.82, 2.24) is 5.32 Å². The van der Waals surface area contributed by atoms with Gasteiger partial charge in [0.2, 0.25) is 5.91 Å². The van der Waals surface area contributed by atoms with Crippen LogP contribution in [-0.2, 0) is 20.9 Å². The Labute approximate surface area is 144 Å². The maximum atomic E-state index is 11.7. The van der Waals surface area contributed by atoms with E-state index in [4.69, 9.17) is 16.3 Å². The fourth-order valence-corrected chi connectivity index (χ4v) is 2.54. The summed E-state index contributed by atoms with van der Waals surface area (Å²) in [4.78, 5) is 24.2. The van der Waals surface area contributed by atoms with Gasteiger partial charge in [0.05, 0.1) is 5.75 Å². The second-order valence-electron chi connectivity index (χ2n) is 4.67. The van der Waals surface area contributed by atoms with Crippen LogP contribution < -0.4 is 5.32 Å². The summed E-state index contributed by atoms with van der Waals surface area (Å²) in [5, 5.41) is 3.19. The van der Waals surface area contributed by atoms with Gasteiger partial charge in [0.25, 0.3) is 0 Å². The number of amides is 1. The van der Waals surface area contributed by atoms with Crippen molar-refractivity contribution in [3.8, 4) is 0 Å². The molecular formula is C17H16ClNO3S. The molecule has 0 aliphatic carbocycles. The average molecular weight is 350 g/mol. The molecule has 6 heteroatoms.